The third kappa shape index (κ3) is 6.67. The van der Waals surface area contributed by atoms with Crippen LogP contribution in [0.25, 0.3) is 0 Å². The fourth-order valence-corrected chi connectivity index (χ4v) is 2.38. The molecule has 1 heterocycles. The summed E-state index contributed by atoms with van der Waals surface area (Å²) in [5.74, 6) is -1.56. The number of carbonyl (C=O) groups is 3. The lowest BCUT2D eigenvalue weighted by Crippen LogP contribution is -2.64. The van der Waals surface area contributed by atoms with Gasteiger partial charge in [-0.2, -0.15) is 0 Å². The van der Waals surface area contributed by atoms with Gasteiger partial charge in [-0.15, -0.1) is 0 Å². The van der Waals surface area contributed by atoms with E-state index < -0.39 is 64.8 Å². The van der Waals surface area contributed by atoms with E-state index in [9.17, 15) is 14.4 Å². The molecule has 1 aliphatic rings. The summed E-state index contributed by atoms with van der Waals surface area (Å²) in [5, 5.41) is 0. The molecule has 8 nitrogen and oxygen atoms in total. The third-order valence-electron chi connectivity index (χ3n) is 4.37. The van der Waals surface area contributed by atoms with Gasteiger partial charge in [-0.25, -0.2) is 0 Å². The largest absolute Gasteiger partial charge is 0.455 e. The molecule has 2 N–H and O–H groups in total. The van der Waals surface area contributed by atoms with Crippen molar-refractivity contribution in [3.63, 3.8) is 0 Å². The highest BCUT2D eigenvalue weighted by Crippen LogP contribution is 2.31. The van der Waals surface area contributed by atoms with Crippen molar-refractivity contribution in [3.8, 4) is 0 Å². The van der Waals surface area contributed by atoms with Crippen LogP contribution < -0.4 is 5.73 Å². The van der Waals surface area contributed by atoms with E-state index >= 15 is 0 Å². The van der Waals surface area contributed by atoms with Gasteiger partial charge in [0.2, 0.25) is 0 Å². The molecule has 1 rings (SSSR count). The Hall–Kier alpha value is -1.67. The van der Waals surface area contributed by atoms with E-state index in [1.165, 1.54) is 0 Å². The van der Waals surface area contributed by atoms with Crippen LogP contribution >= 0.6 is 0 Å². The van der Waals surface area contributed by atoms with E-state index in [1.54, 1.807) is 69.2 Å². The standard InChI is InChI=1S/C21H37NO7/c1-11-12(27-16(23)19(2,3)4)13(28-17(24)20(5,6)7)14(15(22)26-11)29-18(25)21(8,9)10/h11-15H,22H2,1-10H3/t11?,12-,13?,14?,15+/m0/s1. The molecule has 0 aromatic rings. The smallest absolute Gasteiger partial charge is 0.311 e. The molecule has 1 fully saturated rings. The van der Waals surface area contributed by atoms with Gasteiger partial charge >= 0.3 is 17.9 Å². The Balaban J connectivity index is 3.29. The Bertz CT molecular complexity index is 584. The fourth-order valence-electron chi connectivity index (χ4n) is 2.38. The SMILES string of the molecule is CC1O[C@@H](N)C(OC(=O)C(C)(C)C)C(OC(=O)C(C)(C)C)[C@H]1OC(=O)C(C)(C)C. The summed E-state index contributed by atoms with van der Waals surface area (Å²) >= 11 is 0. The molecule has 168 valence electrons. The highest BCUT2D eigenvalue weighted by atomic mass is 16.7. The van der Waals surface area contributed by atoms with Crippen LogP contribution in [0.15, 0.2) is 0 Å². The minimum Gasteiger partial charge on any atom is -0.455 e. The van der Waals surface area contributed by atoms with Gasteiger partial charge in [0, 0.05) is 0 Å². The first-order valence-corrected chi connectivity index (χ1v) is 9.90. The molecule has 0 saturated carbocycles. The Labute approximate surface area is 173 Å². The Kier molecular flexibility index (Phi) is 7.52. The normalized spacial score (nSPS) is 28.4. The lowest BCUT2D eigenvalue weighted by atomic mass is 9.93. The maximum Gasteiger partial charge on any atom is 0.311 e. The quantitative estimate of drug-likeness (QED) is 0.552. The van der Waals surface area contributed by atoms with E-state index in [0.29, 0.717) is 0 Å². The van der Waals surface area contributed by atoms with Crippen molar-refractivity contribution in [1.29, 1.82) is 0 Å². The molecule has 0 aliphatic carbocycles. The van der Waals surface area contributed by atoms with E-state index in [-0.39, 0.29) is 0 Å². The number of hydrogen-bond acceptors (Lipinski definition) is 8. The maximum atomic E-state index is 12.6. The van der Waals surface area contributed by atoms with Gasteiger partial charge in [-0.3, -0.25) is 14.4 Å². The van der Waals surface area contributed by atoms with Crippen molar-refractivity contribution in [1.82, 2.24) is 0 Å². The number of ether oxygens (including phenoxy) is 4. The molecular formula is C21H37NO7. The van der Waals surface area contributed by atoms with Crippen LogP contribution in [-0.2, 0) is 33.3 Å². The second-order valence-electron chi connectivity index (χ2n) is 10.7. The van der Waals surface area contributed by atoms with Crippen LogP contribution in [0.5, 0.6) is 0 Å². The predicted octanol–water partition coefficient (Wildman–Crippen LogP) is 2.56. The first kappa shape index (κ1) is 25.4. The van der Waals surface area contributed by atoms with Crippen LogP contribution in [0.1, 0.15) is 69.2 Å². The van der Waals surface area contributed by atoms with Gasteiger partial charge in [0.05, 0.1) is 22.3 Å². The van der Waals surface area contributed by atoms with Crippen molar-refractivity contribution < 1.29 is 33.3 Å². The molecule has 1 aliphatic heterocycles. The maximum absolute atomic E-state index is 12.6. The topological polar surface area (TPSA) is 114 Å². The number of carbonyl (C=O) groups excluding carboxylic acids is 3. The zero-order valence-electron chi connectivity index (χ0n) is 19.3. The number of hydrogen-bond donors (Lipinski definition) is 1. The second-order valence-corrected chi connectivity index (χ2v) is 10.7. The average molecular weight is 416 g/mol. The Morgan fingerprint density at radius 2 is 0.966 bits per heavy atom. The van der Waals surface area contributed by atoms with Crippen LogP contribution in [0.3, 0.4) is 0 Å². The zero-order valence-corrected chi connectivity index (χ0v) is 19.3. The molecule has 0 bridgehead atoms. The van der Waals surface area contributed by atoms with Crippen LogP contribution in [0, 0.1) is 16.2 Å². The van der Waals surface area contributed by atoms with Gasteiger partial charge in [-0.1, -0.05) is 0 Å². The van der Waals surface area contributed by atoms with Gasteiger partial charge in [0.1, 0.15) is 6.23 Å². The first-order chi connectivity index (χ1) is 12.9. The van der Waals surface area contributed by atoms with Crippen molar-refractivity contribution in [3.05, 3.63) is 0 Å². The summed E-state index contributed by atoms with van der Waals surface area (Å²) in [6.45, 7) is 17.0. The lowest BCUT2D eigenvalue weighted by molar-refractivity contribution is -0.250. The predicted molar refractivity (Wildman–Crippen MR) is 107 cm³/mol. The summed E-state index contributed by atoms with van der Waals surface area (Å²) in [6, 6.07) is 0. The van der Waals surface area contributed by atoms with Crippen LogP contribution in [-0.4, -0.2) is 48.6 Å². The van der Waals surface area contributed by atoms with Gasteiger partial charge < -0.3 is 24.7 Å². The summed E-state index contributed by atoms with van der Waals surface area (Å²) in [7, 11) is 0. The van der Waals surface area contributed by atoms with Gasteiger partial charge in [0.25, 0.3) is 0 Å². The average Bonchev–Trinajstić information content (AvgIpc) is 2.51. The number of rotatable bonds is 3. The molecule has 3 unspecified atom stereocenters. The van der Waals surface area contributed by atoms with Crippen LogP contribution in [0.4, 0.5) is 0 Å². The molecule has 0 amide bonds. The van der Waals surface area contributed by atoms with E-state index in [4.69, 9.17) is 24.7 Å². The Morgan fingerprint density at radius 3 is 1.31 bits per heavy atom. The molecule has 0 radical (unpaired) electrons. The first-order valence-electron chi connectivity index (χ1n) is 9.90. The van der Waals surface area contributed by atoms with Gasteiger partial charge in [0.15, 0.2) is 18.3 Å². The zero-order chi connectivity index (χ0) is 22.9. The van der Waals surface area contributed by atoms with Crippen LogP contribution in [0.2, 0.25) is 0 Å². The lowest BCUT2D eigenvalue weighted by Gasteiger charge is -2.44. The summed E-state index contributed by atoms with van der Waals surface area (Å²) < 4.78 is 22.6. The summed E-state index contributed by atoms with van der Waals surface area (Å²) in [6.07, 6.45) is -4.91. The minimum atomic E-state index is -1.12. The minimum absolute atomic E-state index is 0.494. The molecule has 0 aromatic carbocycles. The number of nitrogens with two attached hydrogens (primary N) is 1. The number of esters is 3. The monoisotopic (exact) mass is 415 g/mol. The fraction of sp³-hybridized carbons (Fsp3) is 0.857. The molecule has 5 atom stereocenters. The van der Waals surface area contributed by atoms with Crippen molar-refractivity contribution in [2.45, 2.75) is 99.9 Å². The van der Waals surface area contributed by atoms with E-state index in [2.05, 4.69) is 0 Å². The Morgan fingerprint density at radius 1 is 0.655 bits per heavy atom. The second kappa shape index (κ2) is 8.60. The van der Waals surface area contributed by atoms with E-state index in [1.807, 2.05) is 0 Å². The summed E-state index contributed by atoms with van der Waals surface area (Å²) in [4.78, 5) is 37.6. The third-order valence-corrected chi connectivity index (χ3v) is 4.37. The molecule has 1 saturated heterocycles. The van der Waals surface area contributed by atoms with Crippen molar-refractivity contribution in [2.75, 3.05) is 0 Å². The molecule has 0 spiro atoms. The molecule has 0 aromatic heterocycles. The summed E-state index contributed by atoms with van der Waals surface area (Å²) in [5.41, 5.74) is 3.68. The highest BCUT2D eigenvalue weighted by Gasteiger charge is 2.51. The van der Waals surface area contributed by atoms with Crippen molar-refractivity contribution >= 4 is 17.9 Å². The van der Waals surface area contributed by atoms with E-state index in [0.717, 1.165) is 0 Å². The molecular weight excluding hydrogens is 378 g/mol. The molecule has 8 heteroatoms. The van der Waals surface area contributed by atoms with Gasteiger partial charge in [-0.05, 0) is 69.2 Å². The molecule has 29 heavy (non-hydrogen) atoms. The highest BCUT2D eigenvalue weighted by molar-refractivity contribution is 5.77. The van der Waals surface area contributed by atoms with Crippen molar-refractivity contribution in [2.24, 2.45) is 22.0 Å².